The highest BCUT2D eigenvalue weighted by molar-refractivity contribution is 5.21. The van der Waals surface area contributed by atoms with Crippen LogP contribution in [0.4, 0.5) is 0 Å². The van der Waals surface area contributed by atoms with Crippen LogP contribution < -0.4 is 4.74 Å². The van der Waals surface area contributed by atoms with Crippen molar-refractivity contribution in [2.45, 2.75) is 13.2 Å². The minimum atomic E-state index is -0.0117. The van der Waals surface area contributed by atoms with Crippen LogP contribution in [-0.2, 0) is 13.2 Å². The molecule has 0 fully saturated rings. The van der Waals surface area contributed by atoms with Crippen molar-refractivity contribution in [1.29, 1.82) is 0 Å². The van der Waals surface area contributed by atoms with Crippen LogP contribution in [0, 0.1) is 0 Å². The molecule has 1 N–H and O–H groups in total. The maximum Gasteiger partial charge on any atom is 0.213 e. The molecular formula is C11H13N3O2. The van der Waals surface area contributed by atoms with Crippen LogP contribution in [0.2, 0.25) is 0 Å². The number of aromatic nitrogens is 3. The Morgan fingerprint density at radius 1 is 1.50 bits per heavy atom. The van der Waals surface area contributed by atoms with Crippen LogP contribution in [0.25, 0.3) is 0 Å². The van der Waals surface area contributed by atoms with Crippen molar-refractivity contribution in [3.63, 3.8) is 0 Å². The maximum absolute atomic E-state index is 9.09. The van der Waals surface area contributed by atoms with Crippen molar-refractivity contribution in [3.05, 3.63) is 42.1 Å². The summed E-state index contributed by atoms with van der Waals surface area (Å²) in [6, 6.07) is 3.77. The van der Waals surface area contributed by atoms with Crippen molar-refractivity contribution >= 4 is 0 Å². The number of nitrogens with zero attached hydrogens (tertiary/aromatic N) is 3. The predicted octanol–water partition coefficient (Wildman–Crippen LogP) is 0.827. The predicted molar refractivity (Wildman–Crippen MR) is 58.0 cm³/mol. The zero-order valence-corrected chi connectivity index (χ0v) is 9.00. The SMILES string of the molecule is COc1cc(Cn2cncc2CO)ccn1. The van der Waals surface area contributed by atoms with E-state index in [1.165, 1.54) is 0 Å². The van der Waals surface area contributed by atoms with Crippen molar-refractivity contribution < 1.29 is 9.84 Å². The second kappa shape index (κ2) is 4.76. The van der Waals surface area contributed by atoms with Gasteiger partial charge in [0.1, 0.15) is 0 Å². The first-order valence-electron chi connectivity index (χ1n) is 4.92. The number of ether oxygens (including phenoxy) is 1. The van der Waals surface area contributed by atoms with Gasteiger partial charge in [-0.2, -0.15) is 0 Å². The van der Waals surface area contributed by atoms with E-state index in [0.29, 0.717) is 12.4 Å². The summed E-state index contributed by atoms with van der Waals surface area (Å²) in [5, 5.41) is 9.09. The van der Waals surface area contributed by atoms with Gasteiger partial charge < -0.3 is 14.4 Å². The van der Waals surface area contributed by atoms with Gasteiger partial charge in [-0.05, 0) is 11.6 Å². The van der Waals surface area contributed by atoms with E-state index in [9.17, 15) is 0 Å². The lowest BCUT2D eigenvalue weighted by molar-refractivity contribution is 0.271. The highest BCUT2D eigenvalue weighted by atomic mass is 16.5. The second-order valence-electron chi connectivity index (χ2n) is 3.38. The Morgan fingerprint density at radius 3 is 3.12 bits per heavy atom. The molecule has 0 radical (unpaired) electrons. The summed E-state index contributed by atoms with van der Waals surface area (Å²) in [5.41, 5.74) is 1.84. The van der Waals surface area contributed by atoms with E-state index in [2.05, 4.69) is 9.97 Å². The fourth-order valence-corrected chi connectivity index (χ4v) is 1.48. The number of aliphatic hydroxyl groups excluding tert-OH is 1. The molecule has 0 unspecified atom stereocenters. The highest BCUT2D eigenvalue weighted by Gasteiger charge is 2.02. The molecule has 2 heterocycles. The Bertz CT molecular complexity index is 468. The van der Waals surface area contributed by atoms with Gasteiger partial charge in [-0.1, -0.05) is 0 Å². The van der Waals surface area contributed by atoms with Crippen LogP contribution in [-0.4, -0.2) is 26.8 Å². The molecule has 0 saturated carbocycles. The largest absolute Gasteiger partial charge is 0.481 e. The Morgan fingerprint density at radius 2 is 2.38 bits per heavy atom. The standard InChI is InChI=1S/C11H13N3O2/c1-16-11-4-9(2-3-13-11)6-14-8-12-5-10(14)7-15/h2-5,8,15H,6-7H2,1H3. The van der Waals surface area contributed by atoms with E-state index < -0.39 is 0 Å². The summed E-state index contributed by atoms with van der Waals surface area (Å²) >= 11 is 0. The van der Waals surface area contributed by atoms with Crippen LogP contribution >= 0.6 is 0 Å². The molecule has 5 nitrogen and oxygen atoms in total. The van der Waals surface area contributed by atoms with Gasteiger partial charge >= 0.3 is 0 Å². The number of hydrogen-bond donors (Lipinski definition) is 1. The molecule has 0 aromatic carbocycles. The first-order chi connectivity index (χ1) is 7.83. The molecule has 0 aliphatic rings. The maximum atomic E-state index is 9.09. The Kier molecular flexibility index (Phi) is 3.16. The molecule has 2 aromatic heterocycles. The topological polar surface area (TPSA) is 60.2 Å². The van der Waals surface area contributed by atoms with Crippen molar-refractivity contribution in [2.24, 2.45) is 0 Å². The van der Waals surface area contributed by atoms with Gasteiger partial charge in [0.05, 0.1) is 31.9 Å². The lowest BCUT2D eigenvalue weighted by atomic mass is 10.2. The zero-order chi connectivity index (χ0) is 11.4. The monoisotopic (exact) mass is 219 g/mol. The van der Waals surface area contributed by atoms with Gasteiger partial charge in [-0.15, -0.1) is 0 Å². The number of imidazole rings is 1. The molecule has 0 spiro atoms. The van der Waals surface area contributed by atoms with Crippen molar-refractivity contribution in [1.82, 2.24) is 14.5 Å². The molecule has 0 amide bonds. The molecule has 2 aromatic rings. The molecule has 0 bridgehead atoms. The summed E-state index contributed by atoms with van der Waals surface area (Å²) in [4.78, 5) is 8.02. The van der Waals surface area contributed by atoms with E-state index in [4.69, 9.17) is 9.84 Å². The average Bonchev–Trinajstić information content (AvgIpc) is 2.76. The molecule has 2 rings (SSSR count). The first-order valence-corrected chi connectivity index (χ1v) is 4.92. The molecule has 84 valence electrons. The van der Waals surface area contributed by atoms with Gasteiger partial charge in [-0.25, -0.2) is 9.97 Å². The molecule has 0 atom stereocenters. The molecule has 16 heavy (non-hydrogen) atoms. The lowest BCUT2D eigenvalue weighted by Gasteiger charge is -2.07. The third-order valence-electron chi connectivity index (χ3n) is 2.32. The smallest absolute Gasteiger partial charge is 0.213 e. The number of methoxy groups -OCH3 is 1. The van der Waals surface area contributed by atoms with Crippen molar-refractivity contribution in [2.75, 3.05) is 7.11 Å². The summed E-state index contributed by atoms with van der Waals surface area (Å²) in [6.07, 6.45) is 5.04. The normalized spacial score (nSPS) is 10.4. The van der Waals surface area contributed by atoms with Crippen LogP contribution in [0.3, 0.4) is 0 Å². The van der Waals surface area contributed by atoms with E-state index in [-0.39, 0.29) is 6.61 Å². The second-order valence-corrected chi connectivity index (χ2v) is 3.38. The summed E-state index contributed by atoms with van der Waals surface area (Å²) in [7, 11) is 1.59. The van der Waals surface area contributed by atoms with Gasteiger partial charge in [0.2, 0.25) is 5.88 Å². The van der Waals surface area contributed by atoms with Gasteiger partial charge in [0, 0.05) is 18.8 Å². The van der Waals surface area contributed by atoms with Gasteiger partial charge in [-0.3, -0.25) is 0 Å². The number of rotatable bonds is 4. The highest BCUT2D eigenvalue weighted by Crippen LogP contribution is 2.11. The van der Waals surface area contributed by atoms with E-state index >= 15 is 0 Å². The Labute approximate surface area is 93.3 Å². The molecule has 5 heteroatoms. The molecular weight excluding hydrogens is 206 g/mol. The first kappa shape index (κ1) is 10.6. The lowest BCUT2D eigenvalue weighted by Crippen LogP contribution is -2.03. The quantitative estimate of drug-likeness (QED) is 0.827. The molecule has 0 saturated heterocycles. The van der Waals surface area contributed by atoms with Gasteiger partial charge in [0.25, 0.3) is 0 Å². The number of pyridine rings is 1. The van der Waals surface area contributed by atoms with E-state index in [0.717, 1.165) is 11.3 Å². The third kappa shape index (κ3) is 2.20. The van der Waals surface area contributed by atoms with Crippen LogP contribution in [0.1, 0.15) is 11.3 Å². The average molecular weight is 219 g/mol. The molecule has 0 aliphatic heterocycles. The summed E-state index contributed by atoms with van der Waals surface area (Å²) in [5.74, 6) is 0.586. The number of aliphatic hydroxyl groups is 1. The van der Waals surface area contributed by atoms with Crippen molar-refractivity contribution in [3.8, 4) is 5.88 Å². The minimum Gasteiger partial charge on any atom is -0.481 e. The van der Waals surface area contributed by atoms with E-state index in [1.807, 2.05) is 16.7 Å². The Balaban J connectivity index is 2.20. The Hall–Kier alpha value is -1.88. The fraction of sp³-hybridized carbons (Fsp3) is 0.273. The van der Waals surface area contributed by atoms with E-state index in [1.54, 1.807) is 25.8 Å². The summed E-state index contributed by atoms with van der Waals surface area (Å²) < 4.78 is 6.93. The number of hydrogen-bond acceptors (Lipinski definition) is 4. The van der Waals surface area contributed by atoms with Crippen LogP contribution in [0.5, 0.6) is 5.88 Å². The zero-order valence-electron chi connectivity index (χ0n) is 9.00. The van der Waals surface area contributed by atoms with Crippen LogP contribution in [0.15, 0.2) is 30.9 Å². The summed E-state index contributed by atoms with van der Waals surface area (Å²) in [6.45, 7) is 0.636. The fourth-order valence-electron chi connectivity index (χ4n) is 1.48. The third-order valence-corrected chi connectivity index (χ3v) is 2.32. The molecule has 0 aliphatic carbocycles. The minimum absolute atomic E-state index is 0.0117. The van der Waals surface area contributed by atoms with Gasteiger partial charge in [0.15, 0.2) is 0 Å².